The summed E-state index contributed by atoms with van der Waals surface area (Å²) in [7, 11) is 3.60. The van der Waals surface area contributed by atoms with Gasteiger partial charge in [0.05, 0.1) is 18.0 Å². The Labute approximate surface area is 95.6 Å². The van der Waals surface area contributed by atoms with Crippen LogP contribution in [0.15, 0.2) is 12.4 Å². The Bertz CT molecular complexity index is 346. The summed E-state index contributed by atoms with van der Waals surface area (Å²) in [6.45, 7) is 0.797. The third kappa shape index (κ3) is 2.24. The van der Waals surface area contributed by atoms with Crippen molar-refractivity contribution in [3.63, 3.8) is 0 Å². The molecule has 1 saturated carbocycles. The monoisotopic (exact) mass is 222 g/mol. The average molecular weight is 222 g/mol. The summed E-state index contributed by atoms with van der Waals surface area (Å²) in [6.07, 6.45) is 6.91. The van der Waals surface area contributed by atoms with Crippen molar-refractivity contribution in [1.82, 2.24) is 9.97 Å². The molecule has 1 aliphatic carbocycles. The number of ether oxygens (including phenoxy) is 1. The van der Waals surface area contributed by atoms with Crippen molar-refractivity contribution < 1.29 is 4.74 Å². The highest BCUT2D eigenvalue weighted by Crippen LogP contribution is 2.34. The molecule has 0 spiro atoms. The Balaban J connectivity index is 1.93. The normalized spacial score (nSPS) is 17.6. The van der Waals surface area contributed by atoms with Crippen LogP contribution >= 0.6 is 0 Å². The number of hydrogen-bond acceptors (Lipinski definition) is 5. The average Bonchev–Trinajstić information content (AvgIpc) is 2.29. The van der Waals surface area contributed by atoms with Crippen molar-refractivity contribution in [3.8, 4) is 0 Å². The van der Waals surface area contributed by atoms with Crippen LogP contribution in [0.2, 0.25) is 0 Å². The van der Waals surface area contributed by atoms with E-state index in [9.17, 15) is 0 Å². The second kappa shape index (κ2) is 4.65. The SMILES string of the molecule is CNc1cncc(NCC2(OC)CCC2)n1. The summed E-state index contributed by atoms with van der Waals surface area (Å²) in [4.78, 5) is 8.44. The second-order valence-corrected chi connectivity index (χ2v) is 4.13. The summed E-state index contributed by atoms with van der Waals surface area (Å²) < 4.78 is 5.53. The molecule has 1 aromatic rings. The molecule has 88 valence electrons. The fraction of sp³-hybridized carbons (Fsp3) is 0.636. The minimum atomic E-state index is 0.0112. The van der Waals surface area contributed by atoms with E-state index in [1.54, 1.807) is 19.5 Å². The van der Waals surface area contributed by atoms with E-state index in [2.05, 4.69) is 20.6 Å². The van der Waals surface area contributed by atoms with Gasteiger partial charge in [0.25, 0.3) is 0 Å². The van der Waals surface area contributed by atoms with Crippen LogP contribution in [-0.2, 0) is 4.74 Å². The van der Waals surface area contributed by atoms with Gasteiger partial charge in [0.1, 0.15) is 11.6 Å². The summed E-state index contributed by atoms with van der Waals surface area (Å²) in [5.41, 5.74) is 0.0112. The predicted molar refractivity (Wildman–Crippen MR) is 63.7 cm³/mol. The lowest BCUT2D eigenvalue weighted by molar-refractivity contribution is -0.0601. The van der Waals surface area contributed by atoms with E-state index >= 15 is 0 Å². The fourth-order valence-electron chi connectivity index (χ4n) is 1.85. The smallest absolute Gasteiger partial charge is 0.147 e. The largest absolute Gasteiger partial charge is 0.376 e. The van der Waals surface area contributed by atoms with Gasteiger partial charge in [-0.25, -0.2) is 4.98 Å². The molecule has 1 aromatic heterocycles. The number of hydrogen-bond donors (Lipinski definition) is 2. The lowest BCUT2D eigenvalue weighted by Gasteiger charge is -2.40. The third-order valence-electron chi connectivity index (χ3n) is 3.18. The van der Waals surface area contributed by atoms with E-state index in [-0.39, 0.29) is 5.60 Å². The molecule has 0 aromatic carbocycles. The van der Waals surface area contributed by atoms with Crippen LogP contribution in [0.25, 0.3) is 0 Å². The summed E-state index contributed by atoms with van der Waals surface area (Å²) in [5, 5.41) is 6.24. The molecule has 0 unspecified atom stereocenters. The van der Waals surface area contributed by atoms with E-state index in [1.165, 1.54) is 6.42 Å². The van der Waals surface area contributed by atoms with Gasteiger partial charge in [-0.2, -0.15) is 0 Å². The van der Waals surface area contributed by atoms with Crippen molar-refractivity contribution in [3.05, 3.63) is 12.4 Å². The van der Waals surface area contributed by atoms with Crippen molar-refractivity contribution in [1.29, 1.82) is 0 Å². The fourth-order valence-corrected chi connectivity index (χ4v) is 1.85. The molecular formula is C11H18N4O. The lowest BCUT2D eigenvalue weighted by Crippen LogP contribution is -2.45. The summed E-state index contributed by atoms with van der Waals surface area (Å²) >= 11 is 0. The quantitative estimate of drug-likeness (QED) is 0.790. The molecule has 0 bridgehead atoms. The van der Waals surface area contributed by atoms with E-state index in [1.807, 2.05) is 7.05 Å². The maximum absolute atomic E-state index is 5.53. The highest BCUT2D eigenvalue weighted by Gasteiger charge is 2.36. The highest BCUT2D eigenvalue weighted by atomic mass is 16.5. The number of nitrogens with one attached hydrogen (secondary N) is 2. The van der Waals surface area contributed by atoms with Crippen LogP contribution in [0, 0.1) is 0 Å². The van der Waals surface area contributed by atoms with Gasteiger partial charge >= 0.3 is 0 Å². The molecule has 2 N–H and O–H groups in total. The van der Waals surface area contributed by atoms with Crippen LogP contribution in [0.3, 0.4) is 0 Å². The van der Waals surface area contributed by atoms with Crippen molar-refractivity contribution >= 4 is 11.6 Å². The number of methoxy groups -OCH3 is 1. The van der Waals surface area contributed by atoms with Crippen LogP contribution in [0.4, 0.5) is 11.6 Å². The first-order valence-electron chi connectivity index (χ1n) is 5.57. The first-order valence-corrected chi connectivity index (χ1v) is 5.57. The van der Waals surface area contributed by atoms with Crippen molar-refractivity contribution in [2.45, 2.75) is 24.9 Å². The number of anilines is 2. The van der Waals surface area contributed by atoms with Crippen molar-refractivity contribution in [2.75, 3.05) is 31.3 Å². The topological polar surface area (TPSA) is 59.1 Å². The molecule has 0 atom stereocenters. The first-order chi connectivity index (χ1) is 7.78. The van der Waals surface area contributed by atoms with Gasteiger partial charge in [-0.15, -0.1) is 0 Å². The van der Waals surface area contributed by atoms with Gasteiger partial charge < -0.3 is 15.4 Å². The molecule has 0 aliphatic heterocycles. The van der Waals surface area contributed by atoms with Gasteiger partial charge in [-0.1, -0.05) is 0 Å². The van der Waals surface area contributed by atoms with E-state index in [4.69, 9.17) is 4.74 Å². The molecular weight excluding hydrogens is 204 g/mol. The molecule has 5 heteroatoms. The number of rotatable bonds is 5. The minimum absolute atomic E-state index is 0.0112. The molecule has 1 fully saturated rings. The van der Waals surface area contributed by atoms with Gasteiger partial charge in [-0.05, 0) is 19.3 Å². The zero-order valence-corrected chi connectivity index (χ0v) is 9.79. The van der Waals surface area contributed by atoms with Crippen molar-refractivity contribution in [2.24, 2.45) is 0 Å². The highest BCUT2D eigenvalue weighted by molar-refractivity contribution is 5.41. The van der Waals surface area contributed by atoms with Gasteiger partial charge in [0.2, 0.25) is 0 Å². The Morgan fingerprint density at radius 3 is 2.69 bits per heavy atom. The molecule has 2 rings (SSSR count). The van der Waals surface area contributed by atoms with Crippen LogP contribution < -0.4 is 10.6 Å². The zero-order chi connectivity index (χ0) is 11.4. The number of nitrogens with zero attached hydrogens (tertiary/aromatic N) is 2. The zero-order valence-electron chi connectivity index (χ0n) is 9.79. The predicted octanol–water partition coefficient (Wildman–Crippen LogP) is 1.50. The molecule has 0 saturated heterocycles. The van der Waals surface area contributed by atoms with Gasteiger partial charge in [-0.3, -0.25) is 4.98 Å². The Kier molecular flexibility index (Phi) is 3.24. The van der Waals surface area contributed by atoms with E-state index < -0.39 is 0 Å². The second-order valence-electron chi connectivity index (χ2n) is 4.13. The first kappa shape index (κ1) is 11.1. The molecule has 16 heavy (non-hydrogen) atoms. The molecule has 1 aliphatic rings. The summed E-state index contributed by atoms with van der Waals surface area (Å²) in [5.74, 6) is 1.56. The van der Waals surface area contributed by atoms with Crippen LogP contribution in [0.1, 0.15) is 19.3 Å². The Morgan fingerprint density at radius 1 is 1.38 bits per heavy atom. The molecule has 0 amide bonds. The van der Waals surface area contributed by atoms with Crippen LogP contribution in [-0.4, -0.2) is 36.3 Å². The van der Waals surface area contributed by atoms with E-state index in [0.717, 1.165) is 31.0 Å². The maximum Gasteiger partial charge on any atom is 0.147 e. The number of aromatic nitrogens is 2. The Hall–Kier alpha value is -1.36. The molecule has 0 radical (unpaired) electrons. The lowest BCUT2D eigenvalue weighted by atomic mass is 9.80. The standard InChI is InChI=1S/C11H18N4O/c1-12-9-6-13-7-10(15-9)14-8-11(16-2)4-3-5-11/h6-7H,3-5,8H2,1-2H3,(H2,12,14,15). The maximum atomic E-state index is 5.53. The minimum Gasteiger partial charge on any atom is -0.376 e. The molecule has 1 heterocycles. The molecule has 5 nitrogen and oxygen atoms in total. The van der Waals surface area contributed by atoms with Gasteiger partial charge in [0.15, 0.2) is 0 Å². The summed E-state index contributed by atoms with van der Waals surface area (Å²) in [6, 6.07) is 0. The van der Waals surface area contributed by atoms with Crippen LogP contribution in [0.5, 0.6) is 0 Å². The van der Waals surface area contributed by atoms with Gasteiger partial charge in [0, 0.05) is 20.7 Å². The third-order valence-corrected chi connectivity index (χ3v) is 3.18. The Morgan fingerprint density at radius 2 is 2.12 bits per heavy atom. The van der Waals surface area contributed by atoms with E-state index in [0.29, 0.717) is 0 Å².